The molecule has 1 heterocycles. The summed E-state index contributed by atoms with van der Waals surface area (Å²) in [5.74, 6) is 0. The Balaban J connectivity index is 2.24. The zero-order valence-corrected chi connectivity index (χ0v) is 13.3. The summed E-state index contributed by atoms with van der Waals surface area (Å²) in [4.78, 5) is 0.961. The van der Waals surface area contributed by atoms with Crippen molar-refractivity contribution >= 4 is 27.0 Å². The first-order valence-electron chi connectivity index (χ1n) is 6.45. The lowest BCUT2D eigenvalue weighted by molar-refractivity contribution is 0.185. The molecule has 3 N–H and O–H groups in total. The summed E-state index contributed by atoms with van der Waals surface area (Å²) in [5.41, 5.74) is 6.81. The molecular formula is C14H18N2O3S2. The molecule has 0 aliphatic carbocycles. The average molecular weight is 326 g/mol. The van der Waals surface area contributed by atoms with E-state index in [4.69, 9.17) is 10.5 Å². The van der Waals surface area contributed by atoms with Crippen molar-refractivity contribution in [1.29, 1.82) is 0 Å². The first-order chi connectivity index (χ1) is 10.1. The lowest BCUT2D eigenvalue weighted by atomic mass is 10.2. The zero-order chi connectivity index (χ0) is 15.3. The summed E-state index contributed by atoms with van der Waals surface area (Å²) < 4.78 is 32.8. The van der Waals surface area contributed by atoms with Crippen LogP contribution >= 0.6 is 11.3 Å². The summed E-state index contributed by atoms with van der Waals surface area (Å²) in [6.07, 6.45) is 0.681. The van der Waals surface area contributed by atoms with Gasteiger partial charge in [0.05, 0.1) is 12.3 Å². The molecule has 0 radical (unpaired) electrons. The topological polar surface area (TPSA) is 81.4 Å². The third kappa shape index (κ3) is 4.04. The minimum Gasteiger partial charge on any atom is -0.380 e. The fraction of sp³-hybridized carbons (Fsp3) is 0.286. The highest BCUT2D eigenvalue weighted by Gasteiger charge is 2.18. The van der Waals surface area contributed by atoms with Crippen LogP contribution in [0.3, 0.4) is 0 Å². The second-order valence-electron chi connectivity index (χ2n) is 4.46. The minimum absolute atomic E-state index is 0.290. The van der Waals surface area contributed by atoms with Gasteiger partial charge >= 0.3 is 0 Å². The highest BCUT2D eigenvalue weighted by molar-refractivity contribution is 7.94. The Morgan fingerprint density at radius 3 is 2.71 bits per heavy atom. The summed E-state index contributed by atoms with van der Waals surface area (Å²) in [6, 6.07) is 10.6. The van der Waals surface area contributed by atoms with Crippen LogP contribution in [0.25, 0.3) is 0 Å². The normalized spacial score (nSPS) is 11.5. The van der Waals surface area contributed by atoms with Crippen LogP contribution in [0.5, 0.6) is 0 Å². The van der Waals surface area contributed by atoms with Gasteiger partial charge in [-0.05, 0) is 31.2 Å². The molecule has 21 heavy (non-hydrogen) atoms. The molecule has 1 aromatic carbocycles. The van der Waals surface area contributed by atoms with Crippen LogP contribution in [0, 0.1) is 0 Å². The highest BCUT2D eigenvalue weighted by atomic mass is 32.2. The fourth-order valence-corrected chi connectivity index (χ4v) is 4.35. The van der Waals surface area contributed by atoms with Crippen molar-refractivity contribution in [1.82, 2.24) is 0 Å². The van der Waals surface area contributed by atoms with Crippen molar-refractivity contribution in [2.75, 3.05) is 18.4 Å². The molecule has 0 spiro atoms. The second-order valence-corrected chi connectivity index (χ2v) is 7.53. The van der Waals surface area contributed by atoms with E-state index in [1.54, 1.807) is 31.4 Å². The lowest BCUT2D eigenvalue weighted by Gasteiger charge is -2.11. The Morgan fingerprint density at radius 1 is 1.24 bits per heavy atom. The first kappa shape index (κ1) is 16.0. The SMILES string of the molecule is COCc1ccccc1NS(=O)(=O)c1ccc(CCN)s1. The largest absolute Gasteiger partial charge is 0.380 e. The molecule has 0 unspecified atom stereocenters. The third-order valence-corrected chi connectivity index (χ3v) is 5.86. The highest BCUT2D eigenvalue weighted by Crippen LogP contribution is 2.26. The Bertz CT molecular complexity index is 696. The predicted octanol–water partition coefficient (Wildman–Crippen LogP) is 2.20. The van der Waals surface area contributed by atoms with E-state index in [1.165, 1.54) is 11.3 Å². The number of nitrogens with two attached hydrogens (primary N) is 1. The summed E-state index contributed by atoms with van der Waals surface area (Å²) in [5, 5.41) is 0. The van der Waals surface area contributed by atoms with Crippen LogP contribution in [0.4, 0.5) is 5.69 Å². The Hall–Kier alpha value is -1.41. The Labute approximate surface area is 128 Å². The third-order valence-electron chi connectivity index (χ3n) is 2.85. The number of hydrogen-bond donors (Lipinski definition) is 2. The molecule has 1 aromatic heterocycles. The van der Waals surface area contributed by atoms with Gasteiger partial charge < -0.3 is 10.5 Å². The predicted molar refractivity (Wildman–Crippen MR) is 85.0 cm³/mol. The molecule has 0 aliphatic heterocycles. The Morgan fingerprint density at radius 2 is 2.00 bits per heavy atom. The van der Waals surface area contributed by atoms with E-state index in [-0.39, 0.29) is 4.21 Å². The molecule has 0 aliphatic rings. The number of methoxy groups -OCH3 is 1. The lowest BCUT2D eigenvalue weighted by Crippen LogP contribution is -2.13. The molecule has 0 amide bonds. The maximum atomic E-state index is 12.4. The minimum atomic E-state index is -3.58. The Kier molecular flexibility index (Phi) is 5.35. The molecule has 114 valence electrons. The molecule has 0 fully saturated rings. The molecular weight excluding hydrogens is 308 g/mol. The van der Waals surface area contributed by atoms with E-state index in [2.05, 4.69) is 4.72 Å². The van der Waals surface area contributed by atoms with Gasteiger partial charge in [-0.1, -0.05) is 18.2 Å². The van der Waals surface area contributed by atoms with Gasteiger partial charge in [0.1, 0.15) is 4.21 Å². The van der Waals surface area contributed by atoms with E-state index >= 15 is 0 Å². The van der Waals surface area contributed by atoms with Crippen molar-refractivity contribution in [2.45, 2.75) is 17.2 Å². The fourth-order valence-electron chi connectivity index (χ4n) is 1.88. The van der Waals surface area contributed by atoms with Crippen molar-refractivity contribution in [3.05, 3.63) is 46.8 Å². The van der Waals surface area contributed by atoms with E-state index in [0.29, 0.717) is 25.3 Å². The van der Waals surface area contributed by atoms with Crippen LogP contribution in [0.15, 0.2) is 40.6 Å². The summed E-state index contributed by atoms with van der Waals surface area (Å²) in [6.45, 7) is 0.853. The molecule has 5 nitrogen and oxygen atoms in total. The van der Waals surface area contributed by atoms with E-state index < -0.39 is 10.0 Å². The number of sulfonamides is 1. The molecule has 0 saturated carbocycles. The van der Waals surface area contributed by atoms with Crippen LogP contribution in [0.2, 0.25) is 0 Å². The van der Waals surface area contributed by atoms with Gasteiger partial charge in [0.25, 0.3) is 10.0 Å². The van der Waals surface area contributed by atoms with Crippen molar-refractivity contribution in [3.8, 4) is 0 Å². The number of benzene rings is 1. The molecule has 7 heteroatoms. The van der Waals surface area contributed by atoms with Crippen LogP contribution in [-0.2, 0) is 27.8 Å². The van der Waals surface area contributed by atoms with Crippen molar-refractivity contribution in [2.24, 2.45) is 5.73 Å². The van der Waals surface area contributed by atoms with Crippen molar-refractivity contribution < 1.29 is 13.2 Å². The van der Waals surface area contributed by atoms with Gasteiger partial charge in [-0.15, -0.1) is 11.3 Å². The summed E-state index contributed by atoms with van der Waals surface area (Å²) >= 11 is 1.24. The number of ether oxygens (including phenoxy) is 1. The van der Waals surface area contributed by atoms with E-state index in [9.17, 15) is 8.42 Å². The van der Waals surface area contributed by atoms with Crippen molar-refractivity contribution in [3.63, 3.8) is 0 Å². The average Bonchev–Trinajstić information content (AvgIpc) is 2.91. The molecule has 0 bridgehead atoms. The smallest absolute Gasteiger partial charge is 0.271 e. The number of anilines is 1. The zero-order valence-electron chi connectivity index (χ0n) is 11.7. The van der Waals surface area contributed by atoms with Gasteiger partial charge in [-0.25, -0.2) is 8.42 Å². The molecule has 0 saturated heterocycles. The standard InChI is InChI=1S/C14H18N2O3S2/c1-19-10-11-4-2-3-5-13(11)16-21(17,18)14-7-6-12(20-14)8-9-15/h2-7,16H,8-10,15H2,1H3. The monoisotopic (exact) mass is 326 g/mol. The first-order valence-corrected chi connectivity index (χ1v) is 8.75. The van der Waals surface area contributed by atoms with Gasteiger partial charge in [0.15, 0.2) is 0 Å². The molecule has 2 rings (SSSR count). The molecule has 0 atom stereocenters. The number of thiophene rings is 1. The number of para-hydroxylation sites is 1. The number of nitrogens with one attached hydrogen (secondary N) is 1. The maximum Gasteiger partial charge on any atom is 0.271 e. The van der Waals surface area contributed by atoms with Gasteiger partial charge in [0, 0.05) is 17.6 Å². The van der Waals surface area contributed by atoms with E-state index in [1.807, 2.05) is 12.1 Å². The van der Waals surface area contributed by atoms with E-state index in [0.717, 1.165) is 10.4 Å². The quantitative estimate of drug-likeness (QED) is 0.817. The van der Waals surface area contributed by atoms with Gasteiger partial charge in [-0.3, -0.25) is 4.72 Å². The van der Waals surface area contributed by atoms with Crippen LogP contribution < -0.4 is 10.5 Å². The maximum absolute atomic E-state index is 12.4. The second kappa shape index (κ2) is 7.04. The number of hydrogen-bond acceptors (Lipinski definition) is 5. The van der Waals surface area contributed by atoms with Gasteiger partial charge in [-0.2, -0.15) is 0 Å². The number of rotatable bonds is 7. The molecule has 2 aromatic rings. The summed E-state index contributed by atoms with van der Waals surface area (Å²) in [7, 11) is -2.01. The van der Waals surface area contributed by atoms with Crippen LogP contribution in [0.1, 0.15) is 10.4 Å². The van der Waals surface area contributed by atoms with Gasteiger partial charge in [0.2, 0.25) is 0 Å². The van der Waals surface area contributed by atoms with Crippen LogP contribution in [-0.4, -0.2) is 22.1 Å².